The smallest absolute Gasteiger partial charge is 0.243 e. The lowest BCUT2D eigenvalue weighted by atomic mass is 9.99. The Kier molecular flexibility index (Phi) is 22.5. The number of aliphatic hydroxyl groups is 2. The van der Waals surface area contributed by atoms with Crippen molar-refractivity contribution in [2.45, 2.75) is 179 Å². The largest absolute Gasteiger partial charge is 0.508 e. The number of amides is 2. The topological polar surface area (TPSA) is 122 Å². The maximum Gasteiger partial charge on any atom is 0.243 e. The Bertz CT molecular complexity index is 915. The molecule has 1 aliphatic rings. The molecule has 1 fully saturated rings. The van der Waals surface area contributed by atoms with Gasteiger partial charge in [-0.1, -0.05) is 129 Å². The van der Waals surface area contributed by atoms with Crippen LogP contribution in [0.5, 0.6) is 5.75 Å². The number of aliphatic hydroxyl groups excluding tert-OH is 2. The first kappa shape index (κ1) is 41.0. The number of nitrogens with one attached hydrogen (secondary N) is 2. The molecule has 8 nitrogen and oxygen atoms in total. The zero-order valence-electron chi connectivity index (χ0n) is 29.9. The van der Waals surface area contributed by atoms with Crippen molar-refractivity contribution in [2.75, 3.05) is 19.6 Å². The molecule has 1 heterocycles. The van der Waals surface area contributed by atoms with Crippen LogP contribution in [0.3, 0.4) is 0 Å². The van der Waals surface area contributed by atoms with Crippen molar-refractivity contribution in [3.8, 4) is 5.75 Å². The summed E-state index contributed by atoms with van der Waals surface area (Å²) >= 11 is 0. The van der Waals surface area contributed by atoms with Crippen LogP contribution in [0.4, 0.5) is 0 Å². The van der Waals surface area contributed by atoms with E-state index in [-0.39, 0.29) is 17.6 Å². The Balaban J connectivity index is 1.74. The molecule has 0 aromatic heterocycles. The van der Waals surface area contributed by atoms with Crippen molar-refractivity contribution in [1.29, 1.82) is 0 Å². The van der Waals surface area contributed by atoms with E-state index in [9.17, 15) is 24.9 Å². The van der Waals surface area contributed by atoms with Gasteiger partial charge in [0.15, 0.2) is 0 Å². The molecule has 8 heteroatoms. The van der Waals surface area contributed by atoms with Crippen molar-refractivity contribution in [3.63, 3.8) is 0 Å². The third-order valence-electron chi connectivity index (χ3n) is 9.58. The number of phenols is 1. The Morgan fingerprint density at radius 2 is 1.06 bits per heavy atom. The molecule has 0 bridgehead atoms. The highest BCUT2D eigenvalue weighted by Crippen LogP contribution is 2.16. The molecule has 0 spiro atoms. The third kappa shape index (κ3) is 19.4. The summed E-state index contributed by atoms with van der Waals surface area (Å²) in [5.41, 5.74) is 0.871. The van der Waals surface area contributed by atoms with Gasteiger partial charge in [0.1, 0.15) is 17.8 Å². The van der Waals surface area contributed by atoms with Crippen LogP contribution in [0.1, 0.15) is 154 Å². The molecule has 5 N–H and O–H groups in total. The lowest BCUT2D eigenvalue weighted by Crippen LogP contribution is -2.62. The van der Waals surface area contributed by atoms with E-state index >= 15 is 0 Å². The van der Waals surface area contributed by atoms with Gasteiger partial charge in [-0.2, -0.15) is 0 Å². The van der Waals surface area contributed by atoms with Gasteiger partial charge < -0.3 is 26.0 Å². The number of rotatable bonds is 29. The fourth-order valence-corrected chi connectivity index (χ4v) is 6.64. The number of hydrogen-bond acceptors (Lipinski definition) is 6. The Morgan fingerprint density at radius 3 is 1.57 bits per heavy atom. The van der Waals surface area contributed by atoms with E-state index in [0.29, 0.717) is 25.9 Å². The molecule has 1 aliphatic heterocycles. The third-order valence-corrected chi connectivity index (χ3v) is 9.58. The van der Waals surface area contributed by atoms with Crippen molar-refractivity contribution in [2.24, 2.45) is 0 Å². The van der Waals surface area contributed by atoms with Gasteiger partial charge in [0, 0.05) is 19.5 Å². The Morgan fingerprint density at radius 1 is 0.617 bits per heavy atom. The van der Waals surface area contributed by atoms with Crippen LogP contribution in [0.15, 0.2) is 24.3 Å². The summed E-state index contributed by atoms with van der Waals surface area (Å²) in [6.07, 6.45) is 23.2. The summed E-state index contributed by atoms with van der Waals surface area (Å²) in [5, 5.41) is 37.0. The fourth-order valence-electron chi connectivity index (χ4n) is 6.64. The zero-order chi connectivity index (χ0) is 34.1. The number of aromatic hydroxyl groups is 1. The molecule has 2 rings (SSSR count). The van der Waals surface area contributed by atoms with E-state index in [2.05, 4.69) is 29.4 Å². The number of phenolic OH excluding ortho intramolecular Hbond substituents is 1. The molecule has 1 saturated heterocycles. The van der Waals surface area contributed by atoms with E-state index in [0.717, 1.165) is 63.5 Å². The predicted molar refractivity (Wildman–Crippen MR) is 192 cm³/mol. The standard InChI is InChI=1S/C39H69N3O5/c1-3-5-7-9-11-13-15-17-21-34(44)30-42(31-35(45)22-18-16-14-12-10-8-6-4-2)28-20-19-23-36-38(46)41-37(39(47)40-36)29-32-24-26-33(43)27-25-32/h24-27,34-37,43-45H,3-23,28-31H2,1-2H3,(H,40,47)(H,41,46). The summed E-state index contributed by atoms with van der Waals surface area (Å²) in [6, 6.07) is 5.50. The maximum absolute atomic E-state index is 12.8. The molecule has 1 aromatic carbocycles. The second kappa shape index (κ2) is 25.8. The highest BCUT2D eigenvalue weighted by molar-refractivity contribution is 5.97. The fraction of sp³-hybridized carbons (Fsp3) is 0.795. The van der Waals surface area contributed by atoms with Gasteiger partial charge in [-0.25, -0.2) is 0 Å². The first-order valence-electron chi connectivity index (χ1n) is 19.3. The number of benzene rings is 1. The quantitative estimate of drug-likeness (QED) is 0.0582. The number of carbonyl (C=O) groups is 2. The molecule has 0 aliphatic carbocycles. The van der Waals surface area contributed by atoms with Crippen molar-refractivity contribution in [3.05, 3.63) is 29.8 Å². The van der Waals surface area contributed by atoms with Gasteiger partial charge in [-0.3, -0.25) is 14.5 Å². The predicted octanol–water partition coefficient (Wildman–Crippen LogP) is 7.17. The van der Waals surface area contributed by atoms with Crippen LogP contribution in [0.2, 0.25) is 0 Å². The van der Waals surface area contributed by atoms with Crippen LogP contribution < -0.4 is 10.6 Å². The normalized spacial score (nSPS) is 17.9. The highest BCUT2D eigenvalue weighted by Gasteiger charge is 2.33. The van der Waals surface area contributed by atoms with E-state index < -0.39 is 24.3 Å². The molecule has 270 valence electrons. The number of nitrogens with zero attached hydrogens (tertiary/aromatic N) is 1. The lowest BCUT2D eigenvalue weighted by Gasteiger charge is -2.30. The number of unbranched alkanes of at least 4 members (excludes halogenated alkanes) is 15. The maximum atomic E-state index is 12.8. The average Bonchev–Trinajstić information content (AvgIpc) is 3.05. The van der Waals surface area contributed by atoms with Crippen LogP contribution in [-0.4, -0.2) is 76.0 Å². The molecule has 2 amide bonds. The van der Waals surface area contributed by atoms with E-state index in [1.54, 1.807) is 24.3 Å². The van der Waals surface area contributed by atoms with E-state index in [1.165, 1.54) is 77.0 Å². The highest BCUT2D eigenvalue weighted by atomic mass is 16.3. The SMILES string of the molecule is CCCCCCCCCCC(O)CN(CCCCC1NC(=O)C(Cc2ccc(O)cc2)NC1=O)CC(O)CCCCCCCCCC. The molecular formula is C39H69N3O5. The van der Waals surface area contributed by atoms with Crippen LogP contribution in [0.25, 0.3) is 0 Å². The van der Waals surface area contributed by atoms with Gasteiger partial charge in [0.05, 0.1) is 12.2 Å². The Hall–Kier alpha value is -2.16. The minimum Gasteiger partial charge on any atom is -0.508 e. The zero-order valence-corrected chi connectivity index (χ0v) is 29.9. The summed E-state index contributed by atoms with van der Waals surface area (Å²) in [5.74, 6) is -0.176. The minimum absolute atomic E-state index is 0.160. The van der Waals surface area contributed by atoms with Gasteiger partial charge in [-0.15, -0.1) is 0 Å². The molecule has 4 unspecified atom stereocenters. The number of carbonyl (C=O) groups excluding carboxylic acids is 2. The van der Waals surface area contributed by atoms with Gasteiger partial charge in [0.25, 0.3) is 0 Å². The van der Waals surface area contributed by atoms with Crippen LogP contribution in [-0.2, 0) is 16.0 Å². The van der Waals surface area contributed by atoms with Gasteiger partial charge >= 0.3 is 0 Å². The second-order valence-corrected chi connectivity index (χ2v) is 14.1. The number of piperazine rings is 1. The average molecular weight is 660 g/mol. The van der Waals surface area contributed by atoms with E-state index in [1.807, 2.05) is 0 Å². The minimum atomic E-state index is -0.621. The summed E-state index contributed by atoms with van der Waals surface area (Å²) in [7, 11) is 0. The summed E-state index contributed by atoms with van der Waals surface area (Å²) in [4.78, 5) is 27.7. The first-order chi connectivity index (χ1) is 22.8. The van der Waals surface area contributed by atoms with Gasteiger partial charge in [0.2, 0.25) is 11.8 Å². The Labute approximate surface area is 286 Å². The van der Waals surface area contributed by atoms with E-state index in [4.69, 9.17) is 0 Å². The molecule has 0 saturated carbocycles. The molecular weight excluding hydrogens is 590 g/mol. The van der Waals surface area contributed by atoms with Crippen molar-refractivity contribution >= 4 is 11.8 Å². The summed E-state index contributed by atoms with van der Waals surface area (Å²) in [6.45, 7) is 6.35. The van der Waals surface area contributed by atoms with Crippen molar-refractivity contribution < 1.29 is 24.9 Å². The lowest BCUT2D eigenvalue weighted by molar-refractivity contribution is -0.136. The molecule has 0 radical (unpaired) electrons. The molecule has 1 aromatic rings. The van der Waals surface area contributed by atoms with Crippen LogP contribution in [0, 0.1) is 0 Å². The number of hydrogen-bond donors (Lipinski definition) is 5. The second-order valence-electron chi connectivity index (χ2n) is 14.1. The molecule has 4 atom stereocenters. The van der Waals surface area contributed by atoms with Crippen molar-refractivity contribution in [1.82, 2.24) is 15.5 Å². The molecule has 47 heavy (non-hydrogen) atoms. The van der Waals surface area contributed by atoms with Crippen LogP contribution >= 0.6 is 0 Å². The summed E-state index contributed by atoms with van der Waals surface area (Å²) < 4.78 is 0. The van der Waals surface area contributed by atoms with Gasteiger partial charge in [-0.05, 0) is 56.3 Å². The monoisotopic (exact) mass is 660 g/mol. The first-order valence-corrected chi connectivity index (χ1v) is 19.3.